The molecule has 0 unspecified atom stereocenters. The van der Waals surface area contributed by atoms with Gasteiger partial charge in [-0.25, -0.2) is 0 Å². The first-order chi connectivity index (χ1) is 9.28. The molecule has 0 aliphatic heterocycles. The van der Waals surface area contributed by atoms with Crippen LogP contribution in [0.3, 0.4) is 0 Å². The SMILES string of the molecule is O=C(CC1CCCCC1)NCc1ccc(CBr)cc1. The van der Waals surface area contributed by atoms with E-state index in [9.17, 15) is 4.79 Å². The Bertz CT molecular complexity index is 396. The summed E-state index contributed by atoms with van der Waals surface area (Å²) in [6.45, 7) is 0.647. The van der Waals surface area contributed by atoms with Gasteiger partial charge in [-0.05, 0) is 29.9 Å². The van der Waals surface area contributed by atoms with Gasteiger partial charge in [-0.3, -0.25) is 4.79 Å². The maximum atomic E-state index is 11.9. The highest BCUT2D eigenvalue weighted by Crippen LogP contribution is 2.26. The molecule has 1 aromatic rings. The number of hydrogen-bond acceptors (Lipinski definition) is 1. The minimum Gasteiger partial charge on any atom is -0.352 e. The van der Waals surface area contributed by atoms with Crippen molar-refractivity contribution in [1.82, 2.24) is 5.32 Å². The smallest absolute Gasteiger partial charge is 0.220 e. The van der Waals surface area contributed by atoms with E-state index in [0.717, 1.165) is 5.33 Å². The van der Waals surface area contributed by atoms with Gasteiger partial charge in [-0.15, -0.1) is 0 Å². The maximum Gasteiger partial charge on any atom is 0.220 e. The Kier molecular flexibility index (Phi) is 5.90. The van der Waals surface area contributed by atoms with E-state index < -0.39 is 0 Å². The van der Waals surface area contributed by atoms with Crippen LogP contribution in [0, 0.1) is 5.92 Å². The lowest BCUT2D eigenvalue weighted by Crippen LogP contribution is -2.25. The molecule has 1 amide bonds. The summed E-state index contributed by atoms with van der Waals surface area (Å²) in [5.74, 6) is 0.820. The summed E-state index contributed by atoms with van der Waals surface area (Å²) in [6.07, 6.45) is 7.11. The highest BCUT2D eigenvalue weighted by molar-refractivity contribution is 9.08. The second kappa shape index (κ2) is 7.68. The van der Waals surface area contributed by atoms with Crippen LogP contribution in [0.15, 0.2) is 24.3 Å². The van der Waals surface area contributed by atoms with Gasteiger partial charge in [0, 0.05) is 18.3 Å². The van der Waals surface area contributed by atoms with Crippen LogP contribution in [-0.2, 0) is 16.7 Å². The monoisotopic (exact) mass is 323 g/mol. The lowest BCUT2D eigenvalue weighted by atomic mass is 9.87. The van der Waals surface area contributed by atoms with Crippen LogP contribution < -0.4 is 5.32 Å². The maximum absolute atomic E-state index is 11.9. The van der Waals surface area contributed by atoms with Crippen LogP contribution in [0.5, 0.6) is 0 Å². The second-order valence-electron chi connectivity index (χ2n) is 5.44. The molecule has 0 radical (unpaired) electrons. The molecule has 2 nitrogen and oxygen atoms in total. The Balaban J connectivity index is 1.72. The third-order valence-corrected chi connectivity index (χ3v) is 4.51. The third kappa shape index (κ3) is 4.98. The van der Waals surface area contributed by atoms with Crippen LogP contribution in [0.2, 0.25) is 0 Å². The first-order valence-corrected chi connectivity index (χ1v) is 8.30. The van der Waals surface area contributed by atoms with Gasteiger partial charge in [-0.2, -0.15) is 0 Å². The first-order valence-electron chi connectivity index (χ1n) is 7.18. The number of benzene rings is 1. The predicted molar refractivity (Wildman–Crippen MR) is 82.1 cm³/mol. The molecule has 0 spiro atoms. The van der Waals surface area contributed by atoms with E-state index >= 15 is 0 Å². The molecule has 104 valence electrons. The largest absolute Gasteiger partial charge is 0.352 e. The van der Waals surface area contributed by atoms with Gasteiger partial charge < -0.3 is 5.32 Å². The van der Waals surface area contributed by atoms with Gasteiger partial charge in [0.1, 0.15) is 0 Å². The lowest BCUT2D eigenvalue weighted by Gasteiger charge is -2.20. The van der Waals surface area contributed by atoms with Crippen LogP contribution in [0.1, 0.15) is 49.7 Å². The van der Waals surface area contributed by atoms with E-state index in [1.807, 2.05) is 0 Å². The number of amides is 1. The molecule has 1 aliphatic rings. The zero-order valence-electron chi connectivity index (χ0n) is 11.3. The lowest BCUT2D eigenvalue weighted by molar-refractivity contribution is -0.122. The molecular weight excluding hydrogens is 302 g/mol. The number of halogens is 1. The Hall–Kier alpha value is -0.830. The Morgan fingerprint density at radius 1 is 1.11 bits per heavy atom. The van der Waals surface area contributed by atoms with Crippen molar-refractivity contribution in [3.8, 4) is 0 Å². The molecule has 1 fully saturated rings. The highest BCUT2D eigenvalue weighted by atomic mass is 79.9. The van der Waals surface area contributed by atoms with Gasteiger partial charge in [0.15, 0.2) is 0 Å². The number of hydrogen-bond donors (Lipinski definition) is 1. The summed E-state index contributed by atoms with van der Waals surface area (Å²) in [5, 5.41) is 3.91. The summed E-state index contributed by atoms with van der Waals surface area (Å²) in [7, 11) is 0. The van der Waals surface area contributed by atoms with Gasteiger partial charge in [0.25, 0.3) is 0 Å². The van der Waals surface area contributed by atoms with Crippen molar-refractivity contribution >= 4 is 21.8 Å². The van der Waals surface area contributed by atoms with E-state index in [1.54, 1.807) is 0 Å². The van der Waals surface area contributed by atoms with Gasteiger partial charge in [0.05, 0.1) is 0 Å². The molecule has 1 aromatic carbocycles. The molecule has 1 aliphatic carbocycles. The zero-order chi connectivity index (χ0) is 13.5. The zero-order valence-corrected chi connectivity index (χ0v) is 12.9. The Morgan fingerprint density at radius 3 is 2.37 bits per heavy atom. The van der Waals surface area contributed by atoms with Crippen LogP contribution in [0.4, 0.5) is 0 Å². The third-order valence-electron chi connectivity index (χ3n) is 3.87. The van der Waals surface area contributed by atoms with Crippen molar-refractivity contribution < 1.29 is 4.79 Å². The molecule has 1 saturated carbocycles. The van der Waals surface area contributed by atoms with E-state index in [-0.39, 0.29) is 5.91 Å². The molecule has 19 heavy (non-hydrogen) atoms. The fraction of sp³-hybridized carbons (Fsp3) is 0.562. The van der Waals surface area contributed by atoms with Crippen molar-refractivity contribution in [3.05, 3.63) is 35.4 Å². The number of nitrogens with one attached hydrogen (secondary N) is 1. The molecule has 1 N–H and O–H groups in total. The minimum absolute atomic E-state index is 0.205. The predicted octanol–water partition coefficient (Wildman–Crippen LogP) is 4.17. The van der Waals surface area contributed by atoms with E-state index in [0.29, 0.717) is 18.9 Å². The summed E-state index contributed by atoms with van der Waals surface area (Å²) in [5.41, 5.74) is 2.43. The van der Waals surface area contributed by atoms with Crippen LogP contribution in [0.25, 0.3) is 0 Å². The first kappa shape index (κ1) is 14.6. The van der Waals surface area contributed by atoms with E-state index in [1.165, 1.54) is 43.2 Å². The molecule has 0 atom stereocenters. The molecule has 2 rings (SSSR count). The topological polar surface area (TPSA) is 29.1 Å². The Labute approximate surface area is 124 Å². The Morgan fingerprint density at radius 2 is 1.74 bits per heavy atom. The van der Waals surface area contributed by atoms with Crippen LogP contribution in [-0.4, -0.2) is 5.91 Å². The molecular formula is C16H22BrNO. The molecule has 0 bridgehead atoms. The summed E-state index contributed by atoms with van der Waals surface area (Å²) < 4.78 is 0. The van der Waals surface area contributed by atoms with Gasteiger partial charge in [-0.1, -0.05) is 59.5 Å². The van der Waals surface area contributed by atoms with Gasteiger partial charge in [0.2, 0.25) is 5.91 Å². The van der Waals surface area contributed by atoms with Crippen molar-refractivity contribution in [1.29, 1.82) is 0 Å². The summed E-state index contributed by atoms with van der Waals surface area (Å²) in [4.78, 5) is 11.9. The normalized spacial score (nSPS) is 16.3. The van der Waals surface area contributed by atoms with Crippen LogP contribution >= 0.6 is 15.9 Å². The fourth-order valence-corrected chi connectivity index (χ4v) is 3.05. The average molecular weight is 324 g/mol. The van der Waals surface area contributed by atoms with E-state index in [2.05, 4.69) is 45.5 Å². The average Bonchev–Trinajstić information content (AvgIpc) is 2.47. The van der Waals surface area contributed by atoms with Crippen molar-refractivity contribution in [3.63, 3.8) is 0 Å². The number of alkyl halides is 1. The van der Waals surface area contributed by atoms with Crippen molar-refractivity contribution in [2.45, 2.75) is 50.4 Å². The fourth-order valence-electron chi connectivity index (χ4n) is 2.67. The molecule has 0 saturated heterocycles. The van der Waals surface area contributed by atoms with Crippen molar-refractivity contribution in [2.75, 3.05) is 0 Å². The molecule has 0 heterocycles. The second-order valence-corrected chi connectivity index (χ2v) is 6.00. The molecule has 3 heteroatoms. The van der Waals surface area contributed by atoms with E-state index in [4.69, 9.17) is 0 Å². The number of carbonyl (C=O) groups excluding carboxylic acids is 1. The standard InChI is InChI=1S/C16H22BrNO/c17-11-14-6-8-15(9-7-14)12-18-16(19)10-13-4-2-1-3-5-13/h6-9,13H,1-5,10-12H2,(H,18,19). The number of carbonyl (C=O) groups is 1. The quantitative estimate of drug-likeness (QED) is 0.809. The highest BCUT2D eigenvalue weighted by Gasteiger charge is 2.16. The molecule has 0 aromatic heterocycles. The van der Waals surface area contributed by atoms with Gasteiger partial charge >= 0.3 is 0 Å². The minimum atomic E-state index is 0.205. The summed E-state index contributed by atoms with van der Waals surface area (Å²) in [6, 6.07) is 8.35. The summed E-state index contributed by atoms with van der Waals surface area (Å²) >= 11 is 3.43. The number of rotatable bonds is 5. The van der Waals surface area contributed by atoms with Crippen molar-refractivity contribution in [2.24, 2.45) is 5.92 Å².